The van der Waals surface area contributed by atoms with Crippen LogP contribution in [0.1, 0.15) is 11.7 Å². The zero-order valence-electron chi connectivity index (χ0n) is 8.04. The number of hydrogen-bond donors (Lipinski definition) is 1. The third kappa shape index (κ3) is 2.59. The van der Waals surface area contributed by atoms with Gasteiger partial charge in [-0.05, 0) is 35.1 Å². The molecule has 0 amide bonds. The topological polar surface area (TPSA) is 51.5 Å². The Hall–Kier alpha value is -0.810. The van der Waals surface area contributed by atoms with Crippen LogP contribution in [0.3, 0.4) is 0 Å². The molecule has 0 spiro atoms. The van der Waals surface area contributed by atoms with Crippen LogP contribution in [0.2, 0.25) is 0 Å². The predicted octanol–water partition coefficient (Wildman–Crippen LogP) is 1.52. The minimum absolute atomic E-state index is 0.304. The highest BCUT2D eigenvalue weighted by Crippen LogP contribution is 2.22. The molecule has 0 aliphatic carbocycles. The molecule has 1 unspecified atom stereocenters. The molecular formula is C9H12BrNO3. The molecule has 0 fully saturated rings. The van der Waals surface area contributed by atoms with E-state index in [1.165, 1.54) is 7.11 Å². The number of hydrogen-bond acceptors (Lipinski definition) is 4. The van der Waals surface area contributed by atoms with Crippen molar-refractivity contribution in [2.24, 2.45) is 0 Å². The Labute approximate surface area is 90.7 Å². The lowest BCUT2D eigenvalue weighted by Gasteiger charge is -2.10. The van der Waals surface area contributed by atoms with Crippen LogP contribution in [-0.4, -0.2) is 26.7 Å². The molecule has 1 N–H and O–H groups in total. The molecule has 0 aromatic carbocycles. The van der Waals surface area contributed by atoms with E-state index in [1.807, 2.05) is 0 Å². The fourth-order valence-electron chi connectivity index (χ4n) is 1.16. The molecule has 4 nitrogen and oxygen atoms in total. The van der Waals surface area contributed by atoms with E-state index in [2.05, 4.69) is 26.0 Å². The number of furan rings is 1. The summed E-state index contributed by atoms with van der Waals surface area (Å²) in [5, 5.41) is 2.91. The fourth-order valence-corrected chi connectivity index (χ4v) is 1.48. The number of carbonyl (C=O) groups excluding carboxylic acids is 1. The van der Waals surface area contributed by atoms with E-state index >= 15 is 0 Å². The lowest BCUT2D eigenvalue weighted by atomic mass is 10.1. The number of rotatable bonds is 4. The average molecular weight is 262 g/mol. The molecule has 1 rings (SSSR count). The standard InChI is InChI=1S/C9H12BrNO3/c1-11-5-6(9(12)13-2)7-3-4-8(10)14-7/h3-4,6,11H,5H2,1-2H3. The molecular weight excluding hydrogens is 250 g/mol. The number of esters is 1. The van der Waals surface area contributed by atoms with Crippen LogP contribution in [0, 0.1) is 0 Å². The van der Waals surface area contributed by atoms with Gasteiger partial charge in [0.1, 0.15) is 11.7 Å². The SMILES string of the molecule is CNCC(C(=O)OC)c1ccc(Br)o1. The predicted molar refractivity (Wildman–Crippen MR) is 55.1 cm³/mol. The summed E-state index contributed by atoms with van der Waals surface area (Å²) in [5.74, 6) is -0.101. The summed E-state index contributed by atoms with van der Waals surface area (Å²) in [6, 6.07) is 3.50. The number of methoxy groups -OCH3 is 1. The smallest absolute Gasteiger partial charge is 0.317 e. The number of likely N-dealkylation sites (N-methyl/N-ethyl adjacent to an activating group) is 1. The first-order valence-electron chi connectivity index (χ1n) is 4.16. The van der Waals surface area contributed by atoms with Crippen LogP contribution < -0.4 is 5.32 Å². The molecule has 14 heavy (non-hydrogen) atoms. The van der Waals surface area contributed by atoms with Gasteiger partial charge in [-0.1, -0.05) is 0 Å². The summed E-state index contributed by atoms with van der Waals surface area (Å²) in [7, 11) is 3.14. The van der Waals surface area contributed by atoms with Crippen molar-refractivity contribution in [1.29, 1.82) is 0 Å². The molecule has 0 saturated carbocycles. The van der Waals surface area contributed by atoms with E-state index in [0.29, 0.717) is 17.0 Å². The van der Waals surface area contributed by atoms with Gasteiger partial charge >= 0.3 is 5.97 Å². The summed E-state index contributed by atoms with van der Waals surface area (Å²) in [5.41, 5.74) is 0. The van der Waals surface area contributed by atoms with Gasteiger partial charge in [0.25, 0.3) is 0 Å². The number of carbonyl (C=O) groups is 1. The van der Waals surface area contributed by atoms with Crippen LogP contribution in [-0.2, 0) is 9.53 Å². The summed E-state index contributed by atoms with van der Waals surface area (Å²) >= 11 is 3.18. The van der Waals surface area contributed by atoms with Crippen molar-refractivity contribution in [3.8, 4) is 0 Å². The van der Waals surface area contributed by atoms with E-state index in [-0.39, 0.29) is 5.97 Å². The van der Waals surface area contributed by atoms with Crippen molar-refractivity contribution in [2.45, 2.75) is 5.92 Å². The van der Waals surface area contributed by atoms with Gasteiger partial charge in [-0.25, -0.2) is 0 Å². The first kappa shape index (κ1) is 11.3. The minimum Gasteiger partial charge on any atom is -0.468 e. The molecule has 1 atom stereocenters. The molecule has 0 radical (unpaired) electrons. The molecule has 0 aliphatic rings. The van der Waals surface area contributed by atoms with Gasteiger partial charge in [0.05, 0.1) is 7.11 Å². The normalized spacial score (nSPS) is 12.5. The summed E-state index contributed by atoms with van der Waals surface area (Å²) in [4.78, 5) is 11.4. The maximum atomic E-state index is 11.4. The van der Waals surface area contributed by atoms with Gasteiger partial charge in [0.2, 0.25) is 0 Å². The lowest BCUT2D eigenvalue weighted by Crippen LogP contribution is -2.24. The van der Waals surface area contributed by atoms with Crippen molar-refractivity contribution < 1.29 is 13.9 Å². The van der Waals surface area contributed by atoms with Crippen molar-refractivity contribution in [2.75, 3.05) is 20.7 Å². The quantitative estimate of drug-likeness (QED) is 0.836. The Bertz CT molecular complexity index is 311. The van der Waals surface area contributed by atoms with Crippen LogP contribution in [0.15, 0.2) is 21.2 Å². The second-order valence-corrected chi connectivity index (χ2v) is 3.56. The maximum Gasteiger partial charge on any atom is 0.317 e. The lowest BCUT2D eigenvalue weighted by molar-refractivity contribution is -0.142. The van der Waals surface area contributed by atoms with E-state index in [4.69, 9.17) is 4.42 Å². The molecule has 5 heteroatoms. The van der Waals surface area contributed by atoms with Crippen molar-refractivity contribution >= 4 is 21.9 Å². The van der Waals surface area contributed by atoms with Gasteiger partial charge in [0, 0.05) is 6.54 Å². The van der Waals surface area contributed by atoms with Gasteiger partial charge in [-0.2, -0.15) is 0 Å². The van der Waals surface area contributed by atoms with Crippen LogP contribution >= 0.6 is 15.9 Å². The van der Waals surface area contributed by atoms with Gasteiger partial charge in [-0.15, -0.1) is 0 Å². The Morgan fingerprint density at radius 3 is 2.86 bits per heavy atom. The molecule has 1 aromatic rings. The van der Waals surface area contributed by atoms with E-state index in [1.54, 1.807) is 19.2 Å². The van der Waals surface area contributed by atoms with E-state index < -0.39 is 5.92 Å². The first-order chi connectivity index (χ1) is 6.69. The molecule has 78 valence electrons. The highest BCUT2D eigenvalue weighted by molar-refractivity contribution is 9.10. The summed E-state index contributed by atoms with van der Waals surface area (Å²) in [6.45, 7) is 0.493. The van der Waals surface area contributed by atoms with Crippen LogP contribution in [0.25, 0.3) is 0 Å². The highest BCUT2D eigenvalue weighted by atomic mass is 79.9. The highest BCUT2D eigenvalue weighted by Gasteiger charge is 2.23. The third-order valence-corrected chi connectivity index (χ3v) is 2.26. The van der Waals surface area contributed by atoms with Gasteiger partial charge < -0.3 is 14.5 Å². The molecule has 0 aliphatic heterocycles. The Morgan fingerprint density at radius 1 is 1.71 bits per heavy atom. The van der Waals surface area contributed by atoms with Crippen LogP contribution in [0.4, 0.5) is 0 Å². The average Bonchev–Trinajstić information content (AvgIpc) is 2.60. The van der Waals surface area contributed by atoms with E-state index in [9.17, 15) is 4.79 Å². The maximum absolute atomic E-state index is 11.4. The Balaban J connectivity index is 2.82. The Kier molecular flexibility index (Phi) is 4.16. The van der Waals surface area contributed by atoms with Crippen molar-refractivity contribution in [3.63, 3.8) is 0 Å². The number of halogens is 1. The van der Waals surface area contributed by atoms with Gasteiger partial charge in [-0.3, -0.25) is 4.79 Å². The fraction of sp³-hybridized carbons (Fsp3) is 0.444. The summed E-state index contributed by atoms with van der Waals surface area (Å²) < 4.78 is 10.6. The molecule has 1 heterocycles. The minimum atomic E-state index is -0.392. The Morgan fingerprint density at radius 2 is 2.43 bits per heavy atom. The summed E-state index contributed by atoms with van der Waals surface area (Å²) in [6.07, 6.45) is 0. The number of ether oxygens (including phenoxy) is 1. The number of nitrogens with one attached hydrogen (secondary N) is 1. The second-order valence-electron chi connectivity index (χ2n) is 2.78. The zero-order chi connectivity index (χ0) is 10.6. The van der Waals surface area contributed by atoms with Gasteiger partial charge in [0.15, 0.2) is 4.67 Å². The largest absolute Gasteiger partial charge is 0.468 e. The molecule has 0 bridgehead atoms. The third-order valence-electron chi connectivity index (χ3n) is 1.83. The van der Waals surface area contributed by atoms with E-state index in [0.717, 1.165) is 0 Å². The zero-order valence-corrected chi connectivity index (χ0v) is 9.63. The molecule has 0 saturated heterocycles. The second kappa shape index (κ2) is 5.17. The van der Waals surface area contributed by atoms with Crippen LogP contribution in [0.5, 0.6) is 0 Å². The van der Waals surface area contributed by atoms with Crippen molar-refractivity contribution in [1.82, 2.24) is 5.32 Å². The van der Waals surface area contributed by atoms with Crippen molar-refractivity contribution in [3.05, 3.63) is 22.6 Å². The first-order valence-corrected chi connectivity index (χ1v) is 4.96. The monoisotopic (exact) mass is 261 g/mol. The molecule has 1 aromatic heterocycles.